The average molecular weight is 347 g/mol. The van der Waals surface area contributed by atoms with Crippen LogP contribution in [-0.2, 0) is 11.2 Å². The van der Waals surface area contributed by atoms with Gasteiger partial charge in [-0.15, -0.1) is 10.2 Å². The van der Waals surface area contributed by atoms with Gasteiger partial charge in [0.15, 0.2) is 0 Å². The van der Waals surface area contributed by atoms with Crippen molar-refractivity contribution < 1.29 is 9.21 Å². The first-order chi connectivity index (χ1) is 11.0. The van der Waals surface area contributed by atoms with Gasteiger partial charge in [-0.3, -0.25) is 9.69 Å². The molecule has 1 amide bonds. The van der Waals surface area contributed by atoms with Crippen LogP contribution < -0.4 is 0 Å². The van der Waals surface area contributed by atoms with Crippen molar-refractivity contribution in [2.24, 2.45) is 0 Å². The molecule has 0 saturated carbocycles. The van der Waals surface area contributed by atoms with Crippen LogP contribution in [0.25, 0.3) is 11.5 Å². The zero-order valence-corrected chi connectivity index (χ0v) is 14.6. The third-order valence-electron chi connectivity index (χ3n) is 3.65. The smallest absolute Gasteiger partial charge is 0.247 e. The number of nitrogens with zero attached hydrogens (tertiary/aromatic N) is 3. The first kappa shape index (κ1) is 16.1. The number of aryl methyl sites for hydroxylation is 2. The topological polar surface area (TPSA) is 59.2 Å². The Hall–Kier alpha value is -1.73. The molecule has 2 aromatic rings. The van der Waals surface area contributed by atoms with Gasteiger partial charge in [-0.25, -0.2) is 0 Å². The lowest BCUT2D eigenvalue weighted by Gasteiger charge is -2.13. The lowest BCUT2D eigenvalue weighted by Crippen LogP contribution is -2.31. The third-order valence-corrected chi connectivity index (χ3v) is 5.14. The summed E-state index contributed by atoms with van der Waals surface area (Å²) in [7, 11) is 0. The van der Waals surface area contributed by atoms with Crippen molar-refractivity contribution in [3.05, 3.63) is 35.7 Å². The molecule has 5 nitrogen and oxygen atoms in total. The molecule has 0 N–H and O–H groups in total. The van der Waals surface area contributed by atoms with Gasteiger partial charge in [-0.1, -0.05) is 41.7 Å². The molecule has 1 aliphatic rings. The molecule has 1 aromatic carbocycles. The molecule has 0 bridgehead atoms. The fourth-order valence-corrected chi connectivity index (χ4v) is 3.79. The van der Waals surface area contributed by atoms with Gasteiger partial charge in [0.25, 0.3) is 0 Å². The monoisotopic (exact) mass is 347 g/mol. The van der Waals surface area contributed by atoms with Gasteiger partial charge in [0.05, 0.1) is 5.25 Å². The van der Waals surface area contributed by atoms with Crippen molar-refractivity contribution in [2.75, 3.05) is 6.54 Å². The Kier molecular flexibility index (Phi) is 4.77. The van der Waals surface area contributed by atoms with Crippen LogP contribution in [0, 0.1) is 6.92 Å². The maximum atomic E-state index is 11.9. The molecule has 0 aliphatic carbocycles. The second kappa shape index (κ2) is 6.80. The Balaban J connectivity index is 1.56. The molecular weight excluding hydrogens is 330 g/mol. The summed E-state index contributed by atoms with van der Waals surface area (Å²) < 4.78 is 6.35. The third kappa shape index (κ3) is 3.61. The SMILES string of the molecule is Cc1ccc(-c2nnc(CCCN3C(=O)C(C)SC3=S)o2)cc1. The molecule has 3 rings (SSSR count). The van der Waals surface area contributed by atoms with Crippen LogP contribution in [-0.4, -0.2) is 37.1 Å². The zero-order valence-electron chi connectivity index (χ0n) is 13.0. The molecule has 120 valence electrons. The molecule has 1 atom stereocenters. The number of carbonyl (C=O) groups is 1. The van der Waals surface area contributed by atoms with Crippen LogP contribution in [0.1, 0.15) is 24.8 Å². The molecule has 1 saturated heterocycles. The number of amides is 1. The van der Waals surface area contributed by atoms with Crippen LogP contribution >= 0.6 is 24.0 Å². The van der Waals surface area contributed by atoms with Crippen LogP contribution in [0.3, 0.4) is 0 Å². The summed E-state index contributed by atoms with van der Waals surface area (Å²) in [5, 5.41) is 8.09. The predicted molar refractivity (Wildman–Crippen MR) is 94.2 cm³/mol. The summed E-state index contributed by atoms with van der Waals surface area (Å²) in [6, 6.07) is 7.95. The Bertz CT molecular complexity index is 727. The normalized spacial score (nSPS) is 18.0. The zero-order chi connectivity index (χ0) is 16.4. The van der Waals surface area contributed by atoms with Crippen LogP contribution in [0.2, 0.25) is 0 Å². The molecular formula is C16H17N3O2S2. The summed E-state index contributed by atoms with van der Waals surface area (Å²) in [5.74, 6) is 1.20. The van der Waals surface area contributed by atoms with Gasteiger partial charge in [-0.2, -0.15) is 0 Å². The molecule has 23 heavy (non-hydrogen) atoms. The van der Waals surface area contributed by atoms with E-state index in [1.807, 2.05) is 38.1 Å². The highest BCUT2D eigenvalue weighted by molar-refractivity contribution is 8.24. The van der Waals surface area contributed by atoms with Crippen LogP contribution in [0.5, 0.6) is 0 Å². The number of hydrogen-bond acceptors (Lipinski definition) is 6. The number of thiocarbonyl (C=S) groups is 1. The number of carbonyl (C=O) groups excluding carboxylic acids is 1. The average Bonchev–Trinajstić information content (AvgIpc) is 3.08. The van der Waals surface area contributed by atoms with E-state index in [2.05, 4.69) is 10.2 Å². The molecule has 1 unspecified atom stereocenters. The molecule has 1 aliphatic heterocycles. The van der Waals surface area contributed by atoms with Gasteiger partial charge in [0.1, 0.15) is 4.32 Å². The van der Waals surface area contributed by atoms with E-state index in [1.165, 1.54) is 17.3 Å². The highest BCUT2D eigenvalue weighted by atomic mass is 32.2. The van der Waals surface area contributed by atoms with E-state index < -0.39 is 0 Å². The van der Waals surface area contributed by atoms with Crippen molar-refractivity contribution in [3.8, 4) is 11.5 Å². The Morgan fingerprint density at radius 1 is 1.30 bits per heavy atom. The maximum absolute atomic E-state index is 11.9. The number of aromatic nitrogens is 2. The highest BCUT2D eigenvalue weighted by Crippen LogP contribution is 2.27. The lowest BCUT2D eigenvalue weighted by atomic mass is 10.1. The molecule has 1 aromatic heterocycles. The molecule has 0 radical (unpaired) electrons. The van der Waals surface area contributed by atoms with E-state index in [9.17, 15) is 4.79 Å². The Labute approximate surface area is 144 Å². The molecule has 2 heterocycles. The minimum atomic E-state index is -0.0703. The van der Waals surface area contributed by atoms with E-state index >= 15 is 0 Å². The molecule has 1 fully saturated rings. The molecule has 7 heteroatoms. The van der Waals surface area contributed by atoms with E-state index in [-0.39, 0.29) is 11.2 Å². The second-order valence-electron chi connectivity index (χ2n) is 5.49. The van der Waals surface area contributed by atoms with Gasteiger partial charge in [0.2, 0.25) is 17.7 Å². The van der Waals surface area contributed by atoms with Gasteiger partial charge >= 0.3 is 0 Å². The summed E-state index contributed by atoms with van der Waals surface area (Å²) in [6.45, 7) is 4.51. The fraction of sp³-hybridized carbons (Fsp3) is 0.375. The van der Waals surface area contributed by atoms with Gasteiger partial charge < -0.3 is 4.42 Å². The van der Waals surface area contributed by atoms with E-state index in [0.29, 0.717) is 29.1 Å². The minimum absolute atomic E-state index is 0.0703. The largest absolute Gasteiger partial charge is 0.421 e. The number of hydrogen-bond donors (Lipinski definition) is 0. The van der Waals surface area contributed by atoms with Crippen LogP contribution in [0.4, 0.5) is 0 Å². The highest BCUT2D eigenvalue weighted by Gasteiger charge is 2.33. The van der Waals surface area contributed by atoms with Crippen molar-refractivity contribution in [3.63, 3.8) is 0 Å². The Morgan fingerprint density at radius 2 is 2.04 bits per heavy atom. The van der Waals surface area contributed by atoms with E-state index in [0.717, 1.165) is 12.0 Å². The van der Waals surface area contributed by atoms with Crippen LogP contribution in [0.15, 0.2) is 28.7 Å². The van der Waals surface area contributed by atoms with E-state index in [4.69, 9.17) is 16.6 Å². The first-order valence-corrected chi connectivity index (χ1v) is 8.75. The lowest BCUT2D eigenvalue weighted by molar-refractivity contribution is -0.125. The van der Waals surface area contributed by atoms with Crippen molar-refractivity contribution in [1.29, 1.82) is 0 Å². The predicted octanol–water partition coefficient (Wildman–Crippen LogP) is 3.23. The first-order valence-electron chi connectivity index (χ1n) is 7.46. The van der Waals surface area contributed by atoms with Gasteiger partial charge in [-0.05, 0) is 32.4 Å². The minimum Gasteiger partial charge on any atom is -0.421 e. The Morgan fingerprint density at radius 3 is 2.70 bits per heavy atom. The standard InChI is InChI=1S/C16H17N3O2S2/c1-10-5-7-12(8-6-10)14-18-17-13(21-14)4-3-9-19-15(20)11(2)23-16(19)22/h5-8,11H,3-4,9H2,1-2H3. The quantitative estimate of drug-likeness (QED) is 0.774. The fourth-order valence-electron chi connectivity index (χ4n) is 2.33. The van der Waals surface area contributed by atoms with Crippen molar-refractivity contribution in [2.45, 2.75) is 31.9 Å². The second-order valence-corrected chi connectivity index (χ2v) is 7.46. The summed E-state index contributed by atoms with van der Waals surface area (Å²) in [6.07, 6.45) is 1.37. The number of rotatable bonds is 5. The van der Waals surface area contributed by atoms with Crippen molar-refractivity contribution >= 4 is 34.2 Å². The summed E-state index contributed by atoms with van der Waals surface area (Å²) >= 11 is 6.66. The summed E-state index contributed by atoms with van der Waals surface area (Å²) in [4.78, 5) is 13.6. The number of thioether (sulfide) groups is 1. The van der Waals surface area contributed by atoms with E-state index in [1.54, 1.807) is 4.90 Å². The molecule has 0 spiro atoms. The van der Waals surface area contributed by atoms with Gasteiger partial charge in [0, 0.05) is 18.5 Å². The maximum Gasteiger partial charge on any atom is 0.247 e. The summed E-state index contributed by atoms with van der Waals surface area (Å²) in [5.41, 5.74) is 2.10. The number of benzene rings is 1. The van der Waals surface area contributed by atoms with Crippen molar-refractivity contribution in [1.82, 2.24) is 15.1 Å².